The van der Waals surface area contributed by atoms with Crippen molar-refractivity contribution in [3.8, 4) is 0 Å². The van der Waals surface area contributed by atoms with Crippen LogP contribution in [0.15, 0.2) is 23.7 Å². The van der Waals surface area contributed by atoms with Crippen LogP contribution < -0.4 is 0 Å². The molecule has 5 heteroatoms. The molecule has 3 rings (SSSR count). The highest BCUT2D eigenvalue weighted by Gasteiger charge is 2.25. The summed E-state index contributed by atoms with van der Waals surface area (Å²) in [5.41, 5.74) is 2.68. The lowest BCUT2D eigenvalue weighted by molar-refractivity contribution is 0.166. The molecule has 0 amide bonds. The summed E-state index contributed by atoms with van der Waals surface area (Å²) in [5, 5.41) is 6.71. The van der Waals surface area contributed by atoms with Crippen molar-refractivity contribution in [3.63, 3.8) is 0 Å². The lowest BCUT2D eigenvalue weighted by Gasteiger charge is -2.30. The maximum absolute atomic E-state index is 4.53. The van der Waals surface area contributed by atoms with Crippen molar-refractivity contribution in [2.45, 2.75) is 59.3 Å². The molecule has 132 valence electrons. The first-order valence-corrected chi connectivity index (χ1v) is 10.1. The highest BCUT2D eigenvalue weighted by Crippen LogP contribution is 2.22. The second-order valence-corrected chi connectivity index (χ2v) is 7.78. The molecule has 4 nitrogen and oxygen atoms in total. The fourth-order valence-corrected chi connectivity index (χ4v) is 4.57. The molecule has 3 heterocycles. The summed E-state index contributed by atoms with van der Waals surface area (Å²) in [6.07, 6.45) is 4.74. The van der Waals surface area contributed by atoms with Crippen molar-refractivity contribution in [1.29, 1.82) is 0 Å². The van der Waals surface area contributed by atoms with E-state index < -0.39 is 0 Å². The van der Waals surface area contributed by atoms with Crippen molar-refractivity contribution in [1.82, 2.24) is 19.6 Å². The van der Waals surface area contributed by atoms with Gasteiger partial charge >= 0.3 is 0 Å². The van der Waals surface area contributed by atoms with E-state index in [4.69, 9.17) is 0 Å². The summed E-state index contributed by atoms with van der Waals surface area (Å²) in [5.74, 6) is 0. The zero-order valence-corrected chi connectivity index (χ0v) is 16.1. The van der Waals surface area contributed by atoms with Gasteiger partial charge in [0.15, 0.2) is 0 Å². The smallest absolute Gasteiger partial charge is 0.0537 e. The van der Waals surface area contributed by atoms with Crippen molar-refractivity contribution in [2.24, 2.45) is 0 Å². The molecule has 0 radical (unpaired) electrons. The zero-order valence-electron chi connectivity index (χ0n) is 15.2. The number of rotatable bonds is 8. The average molecular weight is 347 g/mol. The number of hydrogen-bond acceptors (Lipinski definition) is 4. The van der Waals surface area contributed by atoms with Crippen LogP contribution in [-0.2, 0) is 19.6 Å². The van der Waals surface area contributed by atoms with Crippen LogP contribution in [0.1, 0.15) is 42.8 Å². The molecular weight excluding hydrogens is 316 g/mol. The van der Waals surface area contributed by atoms with Gasteiger partial charge in [0.25, 0.3) is 0 Å². The lowest BCUT2D eigenvalue weighted by atomic mass is 10.1. The number of aromatic nitrogens is 2. The Morgan fingerprint density at radius 2 is 2.17 bits per heavy atom. The maximum Gasteiger partial charge on any atom is 0.0537 e. The van der Waals surface area contributed by atoms with Gasteiger partial charge < -0.3 is 0 Å². The van der Waals surface area contributed by atoms with Crippen LogP contribution in [0.5, 0.6) is 0 Å². The first-order chi connectivity index (χ1) is 11.7. The predicted octanol–water partition coefficient (Wildman–Crippen LogP) is 3.76. The summed E-state index contributed by atoms with van der Waals surface area (Å²) in [7, 11) is 0. The van der Waals surface area contributed by atoms with E-state index in [-0.39, 0.29) is 0 Å². The SMILES string of the molecule is CCN1CCC[C@H]1CN(Cc1cccs1)Cc1cnn(CC)c1C. The van der Waals surface area contributed by atoms with Gasteiger partial charge in [-0.2, -0.15) is 5.10 Å². The molecule has 0 aliphatic carbocycles. The van der Waals surface area contributed by atoms with Crippen molar-refractivity contribution in [3.05, 3.63) is 39.8 Å². The Kier molecular flexibility index (Phi) is 6.09. The molecule has 1 aliphatic heterocycles. The molecule has 0 aromatic carbocycles. The van der Waals surface area contributed by atoms with Gasteiger partial charge in [-0.25, -0.2) is 0 Å². The highest BCUT2D eigenvalue weighted by atomic mass is 32.1. The van der Waals surface area contributed by atoms with E-state index in [0.29, 0.717) is 6.04 Å². The summed E-state index contributed by atoms with van der Waals surface area (Å²) in [6.45, 7) is 13.2. The highest BCUT2D eigenvalue weighted by molar-refractivity contribution is 7.09. The zero-order chi connectivity index (χ0) is 16.9. The first-order valence-electron chi connectivity index (χ1n) is 9.21. The van der Waals surface area contributed by atoms with Crippen molar-refractivity contribution < 1.29 is 0 Å². The van der Waals surface area contributed by atoms with Crippen LogP contribution in [0.3, 0.4) is 0 Å². The number of likely N-dealkylation sites (tertiary alicyclic amines) is 1. The quantitative estimate of drug-likeness (QED) is 0.727. The van der Waals surface area contributed by atoms with Crippen LogP contribution in [0.4, 0.5) is 0 Å². The third kappa shape index (κ3) is 4.08. The van der Waals surface area contributed by atoms with E-state index in [1.54, 1.807) is 0 Å². The standard InChI is InChI=1S/C19H30N4S/c1-4-22-10-6-8-18(22)14-21(15-19-9-7-11-24-19)13-17-12-20-23(5-2)16(17)3/h7,9,11-12,18H,4-6,8,10,13-15H2,1-3H3/t18-/m0/s1. The third-order valence-electron chi connectivity index (χ3n) is 5.23. The van der Waals surface area contributed by atoms with Crippen LogP contribution in [0.25, 0.3) is 0 Å². The second-order valence-electron chi connectivity index (χ2n) is 6.74. The fourth-order valence-electron chi connectivity index (χ4n) is 3.82. The third-order valence-corrected chi connectivity index (χ3v) is 6.09. The molecule has 0 bridgehead atoms. The van der Waals surface area contributed by atoms with Crippen molar-refractivity contribution >= 4 is 11.3 Å². The minimum atomic E-state index is 0.705. The molecule has 2 aromatic rings. The number of likely N-dealkylation sites (N-methyl/N-ethyl adjacent to an activating group) is 1. The first kappa shape index (κ1) is 17.6. The van der Waals surface area contributed by atoms with Gasteiger partial charge in [0.05, 0.1) is 6.20 Å². The van der Waals surface area contributed by atoms with E-state index in [1.165, 1.54) is 42.1 Å². The van der Waals surface area contributed by atoms with Crippen LogP contribution in [0.2, 0.25) is 0 Å². The molecule has 2 aromatic heterocycles. The summed E-state index contributed by atoms with van der Waals surface area (Å²) < 4.78 is 2.10. The normalized spacial score (nSPS) is 18.8. The van der Waals surface area contributed by atoms with Crippen LogP contribution >= 0.6 is 11.3 Å². The maximum atomic E-state index is 4.53. The molecule has 1 atom stereocenters. The van der Waals surface area contributed by atoms with Gasteiger partial charge in [-0.1, -0.05) is 13.0 Å². The van der Waals surface area contributed by atoms with Gasteiger partial charge in [0.1, 0.15) is 0 Å². The predicted molar refractivity (Wildman–Crippen MR) is 101 cm³/mol. The van der Waals surface area contributed by atoms with E-state index in [2.05, 4.69) is 64.1 Å². The molecule has 1 aliphatic rings. The summed E-state index contributed by atoms with van der Waals surface area (Å²) >= 11 is 1.86. The van der Waals surface area contributed by atoms with Gasteiger partial charge in [0, 0.05) is 48.4 Å². The molecule has 0 unspecified atom stereocenters. The van der Waals surface area contributed by atoms with Gasteiger partial charge in [-0.3, -0.25) is 14.5 Å². The van der Waals surface area contributed by atoms with Gasteiger partial charge in [-0.15, -0.1) is 11.3 Å². The average Bonchev–Trinajstić information content (AvgIpc) is 3.31. The molecule has 0 spiro atoms. The number of hydrogen-bond donors (Lipinski definition) is 0. The fraction of sp³-hybridized carbons (Fsp3) is 0.632. The van der Waals surface area contributed by atoms with Crippen LogP contribution in [-0.4, -0.2) is 45.3 Å². The molecule has 0 saturated carbocycles. The molecule has 1 fully saturated rings. The van der Waals surface area contributed by atoms with E-state index in [1.807, 2.05) is 11.3 Å². The number of thiophene rings is 1. The Hall–Kier alpha value is -1.17. The van der Waals surface area contributed by atoms with Gasteiger partial charge in [0.2, 0.25) is 0 Å². The largest absolute Gasteiger partial charge is 0.299 e. The summed E-state index contributed by atoms with van der Waals surface area (Å²) in [6, 6.07) is 5.12. The van der Waals surface area contributed by atoms with E-state index in [9.17, 15) is 0 Å². The monoisotopic (exact) mass is 346 g/mol. The number of aryl methyl sites for hydroxylation is 1. The Morgan fingerprint density at radius 3 is 2.83 bits per heavy atom. The minimum Gasteiger partial charge on any atom is -0.299 e. The molecule has 1 saturated heterocycles. The lowest BCUT2D eigenvalue weighted by Crippen LogP contribution is -2.39. The van der Waals surface area contributed by atoms with E-state index in [0.717, 1.165) is 26.2 Å². The minimum absolute atomic E-state index is 0.705. The second kappa shape index (κ2) is 8.28. The Bertz CT molecular complexity index is 619. The van der Waals surface area contributed by atoms with E-state index >= 15 is 0 Å². The Labute approximate surface area is 150 Å². The molecule has 0 N–H and O–H groups in total. The Balaban J connectivity index is 1.72. The number of nitrogens with zero attached hydrogens (tertiary/aromatic N) is 4. The van der Waals surface area contributed by atoms with Crippen LogP contribution in [0, 0.1) is 6.92 Å². The molecule has 24 heavy (non-hydrogen) atoms. The Morgan fingerprint density at radius 1 is 1.29 bits per heavy atom. The van der Waals surface area contributed by atoms with Gasteiger partial charge in [-0.05, 0) is 51.2 Å². The topological polar surface area (TPSA) is 24.3 Å². The molecular formula is C19H30N4S. The van der Waals surface area contributed by atoms with Crippen molar-refractivity contribution in [2.75, 3.05) is 19.6 Å². The summed E-state index contributed by atoms with van der Waals surface area (Å²) in [4.78, 5) is 6.72.